The highest BCUT2D eigenvalue weighted by atomic mass is 15.2. The van der Waals surface area contributed by atoms with E-state index in [4.69, 9.17) is 5.73 Å². The summed E-state index contributed by atoms with van der Waals surface area (Å²) in [6, 6.07) is 0. The van der Waals surface area contributed by atoms with Crippen LogP contribution in [-0.2, 0) is 0 Å². The fourth-order valence-corrected chi connectivity index (χ4v) is 13.4. The van der Waals surface area contributed by atoms with Crippen LogP contribution < -0.4 is 16.4 Å². The van der Waals surface area contributed by atoms with Crippen LogP contribution in [0.15, 0.2) is 0 Å². The Labute approximate surface area is 502 Å². The molecule has 0 aromatic rings. The molecule has 1 atom stereocenters. The summed E-state index contributed by atoms with van der Waals surface area (Å²) >= 11 is 0. The van der Waals surface area contributed by atoms with Crippen molar-refractivity contribution in [3.63, 3.8) is 0 Å². The van der Waals surface area contributed by atoms with Crippen LogP contribution in [0.5, 0.6) is 0 Å². The molecule has 0 fully saturated rings. The Kier molecular flexibility index (Phi) is 68.5. The Morgan fingerprint density at radius 2 is 0.481 bits per heavy atom. The maximum Gasteiger partial charge on any atom is 0.0247 e. The van der Waals surface area contributed by atoms with Gasteiger partial charge in [-0.05, 0) is 96.7 Å². The fraction of sp³-hybridized carbons (Fsp3) is 1.00. The first kappa shape index (κ1) is 78.8. The van der Waals surface area contributed by atoms with Crippen LogP contribution in [-0.4, -0.2) is 56.3 Å². The summed E-state index contributed by atoms with van der Waals surface area (Å²) in [5, 5.41) is 7.75. The molecule has 0 amide bonds. The molecule has 0 saturated carbocycles. The molecule has 79 heavy (non-hydrogen) atoms. The molecule has 0 heterocycles. The van der Waals surface area contributed by atoms with Gasteiger partial charge in [-0.25, -0.2) is 0 Å². The second-order valence-electron chi connectivity index (χ2n) is 26.7. The average Bonchev–Trinajstić information content (AvgIpc) is 3.48. The molecule has 0 bridgehead atoms. The second-order valence-corrected chi connectivity index (χ2v) is 26.7. The Morgan fingerprint density at radius 1 is 0.266 bits per heavy atom. The monoisotopic (exact) mass is 1110 g/mol. The van der Waals surface area contributed by atoms with Gasteiger partial charge in [-0.3, -0.25) is 4.90 Å². The number of nitrogens with two attached hydrogens (primary N) is 1. The van der Waals surface area contributed by atoms with Gasteiger partial charge in [-0.1, -0.05) is 381 Å². The highest BCUT2D eigenvalue weighted by Gasteiger charge is 2.40. The third kappa shape index (κ3) is 56.7. The van der Waals surface area contributed by atoms with Crippen molar-refractivity contribution in [2.75, 3.05) is 45.8 Å². The number of hydrogen-bond donors (Lipinski definition) is 3. The lowest BCUT2D eigenvalue weighted by atomic mass is 9.74. The number of hydrogen-bond acceptors (Lipinski definition) is 4. The largest absolute Gasteiger partial charge is 0.330 e. The lowest BCUT2D eigenvalue weighted by Crippen LogP contribution is -2.56. The SMILES string of the molecule is CCCCCCCCCCCCCCCCN(CCCCCCCCCCCCCCCC)C(CCCCCCCCCCCCCCCC)(CCCCCCCCCCCCCCCC)C(C)CNCCCCNCCCN. The Morgan fingerprint density at radius 3 is 0.734 bits per heavy atom. The first-order chi connectivity index (χ1) is 39.1. The van der Waals surface area contributed by atoms with Crippen molar-refractivity contribution in [2.45, 2.75) is 432 Å². The molecule has 1 unspecified atom stereocenters. The summed E-state index contributed by atoms with van der Waals surface area (Å²) in [7, 11) is 0. The van der Waals surface area contributed by atoms with E-state index in [0.717, 1.165) is 32.6 Å². The Bertz CT molecular complexity index is 999. The molecular weight excluding hydrogens is 957 g/mol. The van der Waals surface area contributed by atoms with Crippen LogP contribution in [0.3, 0.4) is 0 Å². The number of rotatable bonds is 72. The molecule has 0 aliphatic carbocycles. The standard InChI is InChI=1S/C75H156N4/c1-6-10-14-18-22-26-30-34-38-42-46-50-54-58-65-75(74(5)73-78-69-61-60-68-77-70-64-67-76,66-59-55-51-47-43-39-35-31-27-23-19-15-11-7-2)79(71-62-56-52-48-44-40-36-32-28-24-20-16-12-8-3)72-63-57-53-49-45-41-37-33-29-25-21-17-13-9-4/h74,77-78H,6-73,76H2,1-5H3. The molecule has 0 aromatic heterocycles. The Balaban J connectivity index is 5.97. The van der Waals surface area contributed by atoms with Gasteiger partial charge in [0.2, 0.25) is 0 Å². The van der Waals surface area contributed by atoms with Gasteiger partial charge in [-0.15, -0.1) is 0 Å². The fourth-order valence-electron chi connectivity index (χ4n) is 13.4. The minimum Gasteiger partial charge on any atom is -0.330 e. The van der Waals surface area contributed by atoms with Crippen LogP contribution in [0.25, 0.3) is 0 Å². The maximum absolute atomic E-state index is 5.78. The third-order valence-corrected chi connectivity index (χ3v) is 19.0. The molecular formula is C75H156N4. The zero-order valence-electron chi connectivity index (χ0n) is 56.2. The van der Waals surface area contributed by atoms with Gasteiger partial charge in [0.15, 0.2) is 0 Å². The lowest BCUT2D eigenvalue weighted by Gasteiger charge is -2.49. The average molecular weight is 1110 g/mol. The topological polar surface area (TPSA) is 53.3 Å². The van der Waals surface area contributed by atoms with E-state index in [1.165, 1.54) is 405 Å². The van der Waals surface area contributed by atoms with Crippen molar-refractivity contribution in [3.8, 4) is 0 Å². The van der Waals surface area contributed by atoms with Gasteiger partial charge in [0, 0.05) is 5.54 Å². The molecule has 4 N–H and O–H groups in total. The minimum atomic E-state index is 0.318. The summed E-state index contributed by atoms with van der Waals surface area (Å²) < 4.78 is 0. The highest BCUT2D eigenvalue weighted by molar-refractivity contribution is 4.96. The molecule has 0 spiro atoms. The summed E-state index contributed by atoms with van der Waals surface area (Å²) in [6.45, 7) is 20.1. The van der Waals surface area contributed by atoms with Crippen molar-refractivity contribution in [2.24, 2.45) is 11.7 Å². The van der Waals surface area contributed by atoms with E-state index in [-0.39, 0.29) is 0 Å². The van der Waals surface area contributed by atoms with E-state index in [1.807, 2.05) is 0 Å². The van der Waals surface area contributed by atoms with Gasteiger partial charge in [0.05, 0.1) is 0 Å². The van der Waals surface area contributed by atoms with Gasteiger partial charge < -0.3 is 16.4 Å². The molecule has 476 valence electrons. The van der Waals surface area contributed by atoms with Crippen molar-refractivity contribution in [1.82, 2.24) is 15.5 Å². The Hall–Kier alpha value is -0.160. The normalized spacial score (nSPS) is 12.5. The van der Waals surface area contributed by atoms with Crippen LogP contribution in [0, 0.1) is 5.92 Å². The van der Waals surface area contributed by atoms with Crippen LogP contribution in [0.2, 0.25) is 0 Å². The number of nitrogens with one attached hydrogen (secondary N) is 2. The summed E-state index contributed by atoms with van der Waals surface area (Å²) in [5.41, 5.74) is 6.10. The van der Waals surface area contributed by atoms with E-state index >= 15 is 0 Å². The van der Waals surface area contributed by atoms with Gasteiger partial charge in [-0.2, -0.15) is 0 Å². The van der Waals surface area contributed by atoms with Gasteiger partial charge >= 0.3 is 0 Å². The predicted molar refractivity (Wildman–Crippen MR) is 363 cm³/mol. The van der Waals surface area contributed by atoms with E-state index in [1.54, 1.807) is 0 Å². The van der Waals surface area contributed by atoms with Gasteiger partial charge in [0.1, 0.15) is 0 Å². The second kappa shape index (κ2) is 68.6. The van der Waals surface area contributed by atoms with Crippen LogP contribution in [0.4, 0.5) is 0 Å². The zero-order chi connectivity index (χ0) is 57.2. The predicted octanol–water partition coefficient (Wildman–Crippen LogP) is 24.7. The van der Waals surface area contributed by atoms with Crippen molar-refractivity contribution in [1.29, 1.82) is 0 Å². The molecule has 4 heteroatoms. The first-order valence-electron chi connectivity index (χ1n) is 38.0. The number of unbranched alkanes of at least 4 members (excludes halogenated alkanes) is 53. The molecule has 0 aliphatic rings. The molecule has 0 rings (SSSR count). The van der Waals surface area contributed by atoms with E-state index in [9.17, 15) is 0 Å². The molecule has 0 radical (unpaired) electrons. The van der Waals surface area contributed by atoms with Gasteiger partial charge in [0.25, 0.3) is 0 Å². The molecule has 4 nitrogen and oxygen atoms in total. The summed E-state index contributed by atoms with van der Waals surface area (Å²) in [6.07, 6.45) is 87.7. The van der Waals surface area contributed by atoms with E-state index in [0.29, 0.717) is 11.5 Å². The van der Waals surface area contributed by atoms with E-state index in [2.05, 4.69) is 50.2 Å². The molecule has 0 saturated heterocycles. The third-order valence-electron chi connectivity index (χ3n) is 19.0. The lowest BCUT2D eigenvalue weighted by molar-refractivity contribution is 0.0131. The molecule has 0 aromatic carbocycles. The quantitative estimate of drug-likeness (QED) is 0.0531. The van der Waals surface area contributed by atoms with E-state index < -0.39 is 0 Å². The minimum absolute atomic E-state index is 0.318. The summed E-state index contributed by atoms with van der Waals surface area (Å²) in [5.74, 6) is 0.678. The van der Waals surface area contributed by atoms with Crippen molar-refractivity contribution >= 4 is 0 Å². The van der Waals surface area contributed by atoms with Crippen LogP contribution >= 0.6 is 0 Å². The highest BCUT2D eigenvalue weighted by Crippen LogP contribution is 2.38. The van der Waals surface area contributed by atoms with Crippen LogP contribution in [0.1, 0.15) is 426 Å². The number of nitrogens with zero attached hydrogens (tertiary/aromatic N) is 1. The maximum atomic E-state index is 5.78. The smallest absolute Gasteiger partial charge is 0.0247 e. The first-order valence-corrected chi connectivity index (χ1v) is 38.0. The molecule has 0 aliphatic heterocycles. The summed E-state index contributed by atoms with van der Waals surface area (Å²) in [4.78, 5) is 3.23. The van der Waals surface area contributed by atoms with Crippen molar-refractivity contribution < 1.29 is 0 Å². The van der Waals surface area contributed by atoms with Crippen molar-refractivity contribution in [3.05, 3.63) is 0 Å². The zero-order valence-corrected chi connectivity index (χ0v) is 56.2.